The van der Waals surface area contributed by atoms with Gasteiger partial charge in [0.25, 0.3) is 0 Å². The van der Waals surface area contributed by atoms with Crippen LogP contribution in [-0.4, -0.2) is 41.6 Å². The van der Waals surface area contributed by atoms with Gasteiger partial charge in [-0.2, -0.15) is 11.8 Å². The van der Waals surface area contributed by atoms with Crippen LogP contribution in [0.2, 0.25) is 0 Å². The molecular weight excluding hydrogens is 258 g/mol. The van der Waals surface area contributed by atoms with Crippen LogP contribution in [0.4, 0.5) is 0 Å². The van der Waals surface area contributed by atoms with Crippen molar-refractivity contribution in [3.05, 3.63) is 35.9 Å². The number of thioether (sulfide) groups is 1. The van der Waals surface area contributed by atoms with Gasteiger partial charge in [-0.3, -0.25) is 4.90 Å². The monoisotopic (exact) mass is 279 g/mol. The van der Waals surface area contributed by atoms with Crippen LogP contribution in [0.25, 0.3) is 0 Å². The van der Waals surface area contributed by atoms with E-state index in [0.717, 1.165) is 23.6 Å². The first-order valence-electron chi connectivity index (χ1n) is 6.79. The minimum atomic E-state index is -0.267. The summed E-state index contributed by atoms with van der Waals surface area (Å²) in [6, 6.07) is 10.1. The molecule has 0 aromatic heterocycles. The molecule has 3 nitrogen and oxygen atoms in total. The van der Waals surface area contributed by atoms with Gasteiger partial charge in [-0.25, -0.2) is 4.79 Å². The molecule has 1 heterocycles. The summed E-state index contributed by atoms with van der Waals surface area (Å²) in [6.07, 6.45) is 0. The number of esters is 1. The standard InChI is InChI=1S/C15H21NO2S/c1-3-18-15(17)14(13-7-5-4-6-8-13)16-9-10-19-11-12(16)2/h4-8,12,14H,3,9-11H2,1-2H3. The van der Waals surface area contributed by atoms with Crippen molar-refractivity contribution in [1.29, 1.82) is 0 Å². The first kappa shape index (κ1) is 14.4. The molecule has 2 unspecified atom stereocenters. The molecule has 1 fully saturated rings. The summed E-state index contributed by atoms with van der Waals surface area (Å²) in [7, 11) is 0. The highest BCUT2D eigenvalue weighted by atomic mass is 32.2. The lowest BCUT2D eigenvalue weighted by molar-refractivity contribution is -0.150. The van der Waals surface area contributed by atoms with Gasteiger partial charge in [-0.05, 0) is 19.4 Å². The van der Waals surface area contributed by atoms with Crippen molar-refractivity contribution in [2.75, 3.05) is 24.7 Å². The van der Waals surface area contributed by atoms with Crippen molar-refractivity contribution in [3.63, 3.8) is 0 Å². The number of ether oxygens (including phenoxy) is 1. The third-order valence-corrected chi connectivity index (χ3v) is 4.57. The minimum Gasteiger partial charge on any atom is -0.465 e. The fraction of sp³-hybridized carbons (Fsp3) is 0.533. The van der Waals surface area contributed by atoms with Gasteiger partial charge < -0.3 is 4.74 Å². The quantitative estimate of drug-likeness (QED) is 0.793. The second-order valence-corrected chi connectivity index (χ2v) is 5.88. The maximum Gasteiger partial charge on any atom is 0.328 e. The molecule has 2 rings (SSSR count). The molecule has 1 aromatic rings. The maximum atomic E-state index is 12.3. The highest BCUT2D eigenvalue weighted by Gasteiger charge is 2.33. The molecule has 0 N–H and O–H groups in total. The molecule has 0 spiro atoms. The maximum absolute atomic E-state index is 12.3. The van der Waals surface area contributed by atoms with Crippen LogP contribution >= 0.6 is 11.8 Å². The molecule has 1 aliphatic heterocycles. The predicted molar refractivity (Wildman–Crippen MR) is 79.3 cm³/mol. The highest BCUT2D eigenvalue weighted by molar-refractivity contribution is 7.99. The third-order valence-electron chi connectivity index (χ3n) is 3.38. The van der Waals surface area contributed by atoms with Crippen LogP contribution in [0.15, 0.2) is 30.3 Å². The van der Waals surface area contributed by atoms with Crippen LogP contribution in [0.3, 0.4) is 0 Å². The van der Waals surface area contributed by atoms with E-state index in [9.17, 15) is 4.79 Å². The molecule has 2 atom stereocenters. The molecule has 1 aliphatic rings. The molecule has 0 radical (unpaired) electrons. The van der Waals surface area contributed by atoms with Crippen molar-refractivity contribution in [2.24, 2.45) is 0 Å². The molecule has 19 heavy (non-hydrogen) atoms. The van der Waals surface area contributed by atoms with E-state index in [1.54, 1.807) is 0 Å². The zero-order chi connectivity index (χ0) is 13.7. The number of nitrogens with zero attached hydrogens (tertiary/aromatic N) is 1. The minimum absolute atomic E-state index is 0.132. The van der Waals surface area contributed by atoms with Crippen LogP contribution in [0.1, 0.15) is 25.5 Å². The lowest BCUT2D eigenvalue weighted by Gasteiger charge is -2.38. The third kappa shape index (κ3) is 3.51. The second kappa shape index (κ2) is 6.96. The van der Waals surface area contributed by atoms with Crippen LogP contribution in [0.5, 0.6) is 0 Å². The van der Waals surface area contributed by atoms with Gasteiger partial charge in [0.2, 0.25) is 0 Å². The van der Waals surface area contributed by atoms with Crippen LogP contribution < -0.4 is 0 Å². The van der Waals surface area contributed by atoms with E-state index in [1.165, 1.54) is 0 Å². The molecular formula is C15H21NO2S. The lowest BCUT2D eigenvalue weighted by Crippen LogP contribution is -2.46. The summed E-state index contributed by atoms with van der Waals surface area (Å²) in [4.78, 5) is 14.6. The average Bonchev–Trinajstić information content (AvgIpc) is 2.43. The molecule has 4 heteroatoms. The Morgan fingerprint density at radius 3 is 2.84 bits per heavy atom. The Morgan fingerprint density at radius 1 is 1.47 bits per heavy atom. The second-order valence-electron chi connectivity index (χ2n) is 4.73. The Balaban J connectivity index is 2.25. The smallest absolute Gasteiger partial charge is 0.328 e. The fourth-order valence-corrected chi connectivity index (χ4v) is 3.48. The summed E-state index contributed by atoms with van der Waals surface area (Å²) in [5.41, 5.74) is 1.03. The Hall–Kier alpha value is -1.00. The van der Waals surface area contributed by atoms with E-state index in [1.807, 2.05) is 49.0 Å². The molecule has 0 bridgehead atoms. The average molecular weight is 279 g/mol. The summed E-state index contributed by atoms with van der Waals surface area (Å²) >= 11 is 1.95. The van der Waals surface area contributed by atoms with Gasteiger partial charge in [0, 0.05) is 24.1 Å². The van der Waals surface area contributed by atoms with E-state index < -0.39 is 0 Å². The normalized spacial score (nSPS) is 21.9. The summed E-state index contributed by atoms with van der Waals surface area (Å²) < 4.78 is 5.27. The van der Waals surface area contributed by atoms with Crippen LogP contribution in [0, 0.1) is 0 Å². The van der Waals surface area contributed by atoms with Gasteiger partial charge in [0.15, 0.2) is 0 Å². The predicted octanol–water partition coefficient (Wildman–Crippen LogP) is 2.73. The van der Waals surface area contributed by atoms with Gasteiger partial charge >= 0.3 is 5.97 Å². The molecule has 0 amide bonds. The number of carbonyl (C=O) groups excluding carboxylic acids is 1. The van der Waals surface area contributed by atoms with Crippen molar-refractivity contribution >= 4 is 17.7 Å². The summed E-state index contributed by atoms with van der Waals surface area (Å²) in [6.45, 7) is 5.40. The number of benzene rings is 1. The van der Waals surface area contributed by atoms with E-state index in [2.05, 4.69) is 11.8 Å². The number of hydrogen-bond donors (Lipinski definition) is 0. The molecule has 0 saturated carbocycles. The van der Waals surface area contributed by atoms with E-state index in [-0.39, 0.29) is 12.0 Å². The SMILES string of the molecule is CCOC(=O)C(c1ccccc1)N1CCSCC1C. The Labute approximate surface area is 119 Å². The first-order valence-corrected chi connectivity index (χ1v) is 7.94. The van der Waals surface area contributed by atoms with E-state index in [0.29, 0.717) is 12.6 Å². The zero-order valence-corrected chi connectivity index (χ0v) is 12.4. The largest absolute Gasteiger partial charge is 0.465 e. The van der Waals surface area contributed by atoms with E-state index >= 15 is 0 Å². The number of carbonyl (C=O) groups is 1. The molecule has 0 aliphatic carbocycles. The Morgan fingerprint density at radius 2 is 2.21 bits per heavy atom. The Kier molecular flexibility index (Phi) is 5.28. The highest BCUT2D eigenvalue weighted by Crippen LogP contribution is 2.28. The van der Waals surface area contributed by atoms with Crippen molar-refractivity contribution < 1.29 is 9.53 Å². The van der Waals surface area contributed by atoms with Gasteiger partial charge in [-0.15, -0.1) is 0 Å². The van der Waals surface area contributed by atoms with Gasteiger partial charge in [0.1, 0.15) is 6.04 Å². The molecule has 104 valence electrons. The van der Waals surface area contributed by atoms with Gasteiger partial charge in [-0.1, -0.05) is 30.3 Å². The van der Waals surface area contributed by atoms with Crippen molar-refractivity contribution in [3.8, 4) is 0 Å². The fourth-order valence-electron chi connectivity index (χ4n) is 2.44. The molecule has 1 saturated heterocycles. The number of rotatable bonds is 4. The van der Waals surface area contributed by atoms with Crippen molar-refractivity contribution in [1.82, 2.24) is 4.90 Å². The van der Waals surface area contributed by atoms with Crippen molar-refractivity contribution in [2.45, 2.75) is 25.9 Å². The van der Waals surface area contributed by atoms with Crippen LogP contribution in [-0.2, 0) is 9.53 Å². The van der Waals surface area contributed by atoms with E-state index in [4.69, 9.17) is 4.74 Å². The zero-order valence-electron chi connectivity index (χ0n) is 11.5. The van der Waals surface area contributed by atoms with Gasteiger partial charge in [0.05, 0.1) is 6.61 Å². The number of hydrogen-bond acceptors (Lipinski definition) is 4. The topological polar surface area (TPSA) is 29.5 Å². The first-order chi connectivity index (χ1) is 9.24. The lowest BCUT2D eigenvalue weighted by atomic mass is 10.0. The summed E-state index contributed by atoms with van der Waals surface area (Å²) in [5, 5.41) is 0. The summed E-state index contributed by atoms with van der Waals surface area (Å²) in [5.74, 6) is 2.02. The Bertz CT molecular complexity index is 410. The molecule has 1 aromatic carbocycles.